The fraction of sp³-hybridized carbons (Fsp3) is 0.857. The highest BCUT2D eigenvalue weighted by atomic mass is 16.5. The maximum atomic E-state index is 12.4. The molecule has 20 heavy (non-hydrogen) atoms. The number of rotatable bonds is 7. The molecule has 0 aliphatic heterocycles. The van der Waals surface area contributed by atoms with Gasteiger partial charge in [0.2, 0.25) is 5.91 Å². The summed E-state index contributed by atoms with van der Waals surface area (Å²) in [5.41, 5.74) is 5.13. The maximum absolute atomic E-state index is 12.4. The Hall–Kier alpha value is -1.30. The van der Waals surface area contributed by atoms with Crippen molar-refractivity contribution >= 4 is 11.7 Å². The average molecular weight is 283 g/mol. The summed E-state index contributed by atoms with van der Waals surface area (Å²) in [6.45, 7) is 3.44. The highest BCUT2D eigenvalue weighted by molar-refractivity contribution is 6.07. The van der Waals surface area contributed by atoms with Gasteiger partial charge in [0.05, 0.1) is 0 Å². The Balaban J connectivity index is 1.91. The van der Waals surface area contributed by atoms with Gasteiger partial charge >= 0.3 is 0 Å². The standard InChI is InChI=1S/C14H25N3O3/c1-10-7-14(8-10,11(15)17-19)12(18)16-9-13(3-4-13)5-6-20-2/h10,19H,3-9H2,1-2H3,(H2,15,17)(H,16,18). The number of nitrogens with one attached hydrogen (secondary N) is 1. The zero-order chi connectivity index (χ0) is 14.8. The summed E-state index contributed by atoms with van der Waals surface area (Å²) in [7, 11) is 1.69. The molecule has 0 aromatic carbocycles. The maximum Gasteiger partial charge on any atom is 0.233 e. The zero-order valence-corrected chi connectivity index (χ0v) is 12.3. The molecule has 0 bridgehead atoms. The molecule has 0 radical (unpaired) electrons. The topological polar surface area (TPSA) is 96.9 Å². The number of hydrogen-bond donors (Lipinski definition) is 3. The van der Waals surface area contributed by atoms with Crippen molar-refractivity contribution in [1.82, 2.24) is 5.32 Å². The third-order valence-corrected chi connectivity index (χ3v) is 4.84. The molecular formula is C14H25N3O3. The summed E-state index contributed by atoms with van der Waals surface area (Å²) in [6, 6.07) is 0. The van der Waals surface area contributed by atoms with Gasteiger partial charge in [-0.1, -0.05) is 12.1 Å². The molecule has 2 rings (SSSR count). The van der Waals surface area contributed by atoms with E-state index in [1.54, 1.807) is 7.11 Å². The van der Waals surface area contributed by atoms with E-state index in [9.17, 15) is 4.79 Å². The number of methoxy groups -OCH3 is 1. The largest absolute Gasteiger partial charge is 0.409 e. The van der Waals surface area contributed by atoms with E-state index in [0.717, 1.165) is 25.9 Å². The SMILES string of the molecule is COCCC1(CNC(=O)C2(C(N)=NO)CC(C)C2)CC1. The van der Waals surface area contributed by atoms with E-state index in [-0.39, 0.29) is 17.2 Å². The van der Waals surface area contributed by atoms with Crippen LogP contribution in [0, 0.1) is 16.7 Å². The van der Waals surface area contributed by atoms with E-state index in [4.69, 9.17) is 15.7 Å². The van der Waals surface area contributed by atoms with Crippen LogP contribution in [0.1, 0.15) is 39.0 Å². The number of carbonyl (C=O) groups is 1. The Kier molecular flexibility index (Phi) is 4.22. The third-order valence-electron chi connectivity index (χ3n) is 4.84. The highest BCUT2D eigenvalue weighted by Crippen LogP contribution is 2.49. The molecule has 0 aromatic heterocycles. The molecule has 6 nitrogen and oxygen atoms in total. The van der Waals surface area contributed by atoms with Crippen LogP contribution >= 0.6 is 0 Å². The van der Waals surface area contributed by atoms with Crippen LogP contribution in [0.15, 0.2) is 5.16 Å². The van der Waals surface area contributed by atoms with Gasteiger partial charge in [-0.2, -0.15) is 0 Å². The number of carbonyl (C=O) groups excluding carboxylic acids is 1. The Morgan fingerprint density at radius 3 is 2.60 bits per heavy atom. The van der Waals surface area contributed by atoms with Gasteiger partial charge in [0.1, 0.15) is 5.41 Å². The fourth-order valence-corrected chi connectivity index (χ4v) is 3.18. The second kappa shape index (κ2) is 5.60. The van der Waals surface area contributed by atoms with Gasteiger partial charge in [-0.05, 0) is 43.4 Å². The minimum absolute atomic E-state index is 0.0369. The predicted octanol–water partition coefficient (Wildman–Crippen LogP) is 1.08. The quantitative estimate of drug-likeness (QED) is 0.282. The van der Waals surface area contributed by atoms with Crippen molar-refractivity contribution in [1.29, 1.82) is 0 Å². The first-order valence-corrected chi connectivity index (χ1v) is 7.23. The van der Waals surface area contributed by atoms with Gasteiger partial charge in [0.25, 0.3) is 0 Å². The van der Waals surface area contributed by atoms with Crippen molar-refractivity contribution in [2.75, 3.05) is 20.3 Å². The molecule has 2 fully saturated rings. The van der Waals surface area contributed by atoms with Crippen LogP contribution in [0.4, 0.5) is 0 Å². The van der Waals surface area contributed by atoms with Crippen LogP contribution < -0.4 is 11.1 Å². The number of nitrogens with two attached hydrogens (primary N) is 1. The normalized spacial score (nSPS) is 31.5. The van der Waals surface area contributed by atoms with Gasteiger partial charge in [0, 0.05) is 20.3 Å². The number of oxime groups is 1. The van der Waals surface area contributed by atoms with Crippen molar-refractivity contribution in [3.8, 4) is 0 Å². The van der Waals surface area contributed by atoms with Crippen LogP contribution in [-0.4, -0.2) is 37.2 Å². The van der Waals surface area contributed by atoms with Crippen LogP contribution in [0.5, 0.6) is 0 Å². The van der Waals surface area contributed by atoms with Crippen LogP contribution in [0.25, 0.3) is 0 Å². The minimum atomic E-state index is -0.800. The molecule has 2 aliphatic carbocycles. The summed E-state index contributed by atoms with van der Waals surface area (Å²) in [5.74, 6) is 0.369. The lowest BCUT2D eigenvalue weighted by Gasteiger charge is -2.43. The van der Waals surface area contributed by atoms with Crippen LogP contribution in [0.3, 0.4) is 0 Å². The zero-order valence-electron chi connectivity index (χ0n) is 12.3. The second-order valence-corrected chi connectivity index (χ2v) is 6.51. The molecule has 0 atom stereocenters. The highest BCUT2D eigenvalue weighted by Gasteiger charge is 2.53. The molecular weight excluding hydrogens is 258 g/mol. The average Bonchev–Trinajstić information content (AvgIpc) is 3.18. The van der Waals surface area contributed by atoms with Gasteiger partial charge in [0.15, 0.2) is 5.84 Å². The summed E-state index contributed by atoms with van der Waals surface area (Å²) in [5, 5.41) is 15.0. The van der Waals surface area contributed by atoms with Crippen molar-refractivity contribution in [2.24, 2.45) is 27.6 Å². The molecule has 2 saturated carbocycles. The molecule has 6 heteroatoms. The molecule has 0 heterocycles. The molecule has 0 spiro atoms. The number of hydrogen-bond acceptors (Lipinski definition) is 4. The van der Waals surface area contributed by atoms with Crippen molar-refractivity contribution in [2.45, 2.75) is 39.0 Å². The first-order valence-electron chi connectivity index (χ1n) is 7.23. The predicted molar refractivity (Wildman–Crippen MR) is 75.4 cm³/mol. The molecule has 1 amide bonds. The molecule has 2 aliphatic rings. The van der Waals surface area contributed by atoms with Crippen molar-refractivity contribution in [3.05, 3.63) is 0 Å². The molecule has 0 unspecified atom stereocenters. The van der Waals surface area contributed by atoms with Gasteiger partial charge in [-0.15, -0.1) is 0 Å². The summed E-state index contributed by atoms with van der Waals surface area (Å²) < 4.78 is 5.11. The summed E-state index contributed by atoms with van der Waals surface area (Å²) in [4.78, 5) is 12.4. The summed E-state index contributed by atoms with van der Waals surface area (Å²) >= 11 is 0. The Bertz CT molecular complexity index is 398. The minimum Gasteiger partial charge on any atom is -0.409 e. The lowest BCUT2D eigenvalue weighted by Crippen LogP contribution is -2.57. The lowest BCUT2D eigenvalue weighted by molar-refractivity contribution is -0.133. The number of amides is 1. The summed E-state index contributed by atoms with van der Waals surface area (Å²) in [6.07, 6.45) is 4.53. The third kappa shape index (κ3) is 2.75. The molecule has 4 N–H and O–H groups in total. The van der Waals surface area contributed by atoms with E-state index in [1.807, 2.05) is 0 Å². The van der Waals surface area contributed by atoms with E-state index < -0.39 is 5.41 Å². The van der Waals surface area contributed by atoms with Gasteiger partial charge < -0.3 is 21.0 Å². The monoisotopic (exact) mass is 283 g/mol. The van der Waals surface area contributed by atoms with Gasteiger partial charge in [-0.3, -0.25) is 4.79 Å². The number of amidine groups is 1. The first kappa shape index (κ1) is 15.1. The van der Waals surface area contributed by atoms with E-state index in [1.165, 1.54) is 0 Å². The fourth-order valence-electron chi connectivity index (χ4n) is 3.18. The molecule has 0 saturated heterocycles. The number of ether oxygens (including phenoxy) is 1. The van der Waals surface area contributed by atoms with Crippen molar-refractivity contribution < 1.29 is 14.7 Å². The lowest BCUT2D eigenvalue weighted by atomic mass is 9.61. The van der Waals surface area contributed by atoms with Crippen LogP contribution in [0.2, 0.25) is 0 Å². The van der Waals surface area contributed by atoms with E-state index >= 15 is 0 Å². The van der Waals surface area contributed by atoms with Crippen molar-refractivity contribution in [3.63, 3.8) is 0 Å². The Morgan fingerprint density at radius 2 is 2.15 bits per heavy atom. The van der Waals surface area contributed by atoms with E-state index in [0.29, 0.717) is 25.3 Å². The second-order valence-electron chi connectivity index (χ2n) is 6.51. The first-order chi connectivity index (χ1) is 9.48. The van der Waals surface area contributed by atoms with Crippen LogP contribution in [-0.2, 0) is 9.53 Å². The van der Waals surface area contributed by atoms with E-state index in [2.05, 4.69) is 17.4 Å². The molecule has 114 valence electrons. The number of nitrogens with zero attached hydrogens (tertiary/aromatic N) is 1. The molecule has 0 aromatic rings. The smallest absolute Gasteiger partial charge is 0.233 e. The van der Waals surface area contributed by atoms with Gasteiger partial charge in [-0.25, -0.2) is 0 Å². The Morgan fingerprint density at radius 1 is 1.50 bits per heavy atom. The Labute approximate surface area is 119 Å².